The van der Waals surface area contributed by atoms with Crippen molar-refractivity contribution in [1.29, 1.82) is 0 Å². The maximum absolute atomic E-state index is 12.8. The van der Waals surface area contributed by atoms with Gasteiger partial charge in [-0.1, -0.05) is 59.4 Å². The zero-order valence-corrected chi connectivity index (χ0v) is 18.5. The van der Waals surface area contributed by atoms with Gasteiger partial charge < -0.3 is 9.80 Å². The molecule has 4 rings (SSSR count). The molecule has 0 unspecified atom stereocenters. The van der Waals surface area contributed by atoms with E-state index in [1.807, 2.05) is 17.0 Å². The van der Waals surface area contributed by atoms with Crippen molar-refractivity contribution in [3.63, 3.8) is 0 Å². The van der Waals surface area contributed by atoms with Gasteiger partial charge in [0, 0.05) is 49.2 Å². The summed E-state index contributed by atoms with van der Waals surface area (Å²) in [4.78, 5) is 27.1. The van der Waals surface area contributed by atoms with Gasteiger partial charge in [-0.2, -0.15) is 0 Å². The van der Waals surface area contributed by atoms with E-state index in [2.05, 4.69) is 64.3 Å². The number of carbonyl (C=O) groups is 1. The van der Waals surface area contributed by atoms with Gasteiger partial charge in [-0.25, -0.2) is 9.97 Å². The van der Waals surface area contributed by atoms with Crippen molar-refractivity contribution in [2.45, 2.75) is 21.9 Å². The van der Waals surface area contributed by atoms with Crippen LogP contribution in [0.1, 0.15) is 5.56 Å². The van der Waals surface area contributed by atoms with Crippen LogP contribution in [0.25, 0.3) is 0 Å². The Bertz CT molecular complexity index is 991. The van der Waals surface area contributed by atoms with Crippen LogP contribution in [0.4, 0.5) is 5.69 Å². The first-order valence-corrected chi connectivity index (χ1v) is 11.8. The van der Waals surface area contributed by atoms with Gasteiger partial charge in [0.15, 0.2) is 0 Å². The number of hydrogen-bond acceptors (Lipinski definition) is 6. The molecule has 0 saturated carbocycles. The number of aryl methyl sites for hydroxylation is 1. The van der Waals surface area contributed by atoms with E-state index in [1.165, 1.54) is 23.0 Å². The number of aromatic nitrogens is 2. The number of benzene rings is 2. The highest BCUT2D eigenvalue weighted by atomic mass is 32.2. The minimum atomic E-state index is 0.157. The molecule has 1 aliphatic heterocycles. The summed E-state index contributed by atoms with van der Waals surface area (Å²) in [5.74, 6) is 0.538. The van der Waals surface area contributed by atoms with E-state index >= 15 is 0 Å². The van der Waals surface area contributed by atoms with E-state index in [1.54, 1.807) is 24.2 Å². The lowest BCUT2D eigenvalue weighted by Crippen LogP contribution is -2.49. The molecule has 0 aliphatic carbocycles. The van der Waals surface area contributed by atoms with Crippen LogP contribution in [-0.2, 0) is 4.79 Å². The highest BCUT2D eigenvalue weighted by Gasteiger charge is 2.22. The largest absolute Gasteiger partial charge is 0.368 e. The molecule has 1 aliphatic rings. The number of carbonyl (C=O) groups excluding carboxylic acids is 1. The molecule has 2 heterocycles. The fourth-order valence-electron chi connectivity index (χ4n) is 3.35. The first-order chi connectivity index (χ1) is 14.7. The predicted molar refractivity (Wildman–Crippen MR) is 123 cm³/mol. The summed E-state index contributed by atoms with van der Waals surface area (Å²) in [6.07, 6.45) is 3.39. The number of nitrogens with zero attached hydrogens (tertiary/aromatic N) is 4. The Morgan fingerprint density at radius 2 is 1.67 bits per heavy atom. The van der Waals surface area contributed by atoms with Crippen molar-refractivity contribution in [3.8, 4) is 0 Å². The van der Waals surface area contributed by atoms with Crippen LogP contribution in [-0.4, -0.2) is 52.7 Å². The molecule has 0 radical (unpaired) electrons. The average molecular weight is 437 g/mol. The summed E-state index contributed by atoms with van der Waals surface area (Å²) < 4.78 is 0. The average Bonchev–Trinajstić information content (AvgIpc) is 2.79. The summed E-state index contributed by atoms with van der Waals surface area (Å²) in [7, 11) is 0. The normalized spacial score (nSPS) is 14.0. The first-order valence-electron chi connectivity index (χ1n) is 9.95. The van der Waals surface area contributed by atoms with Crippen LogP contribution < -0.4 is 4.90 Å². The van der Waals surface area contributed by atoms with Gasteiger partial charge in [-0.05, 0) is 31.2 Å². The van der Waals surface area contributed by atoms with Gasteiger partial charge >= 0.3 is 0 Å². The first kappa shape index (κ1) is 20.8. The third-order valence-corrected chi connectivity index (χ3v) is 7.00. The second kappa shape index (κ2) is 10.00. The van der Waals surface area contributed by atoms with Crippen LogP contribution in [0.2, 0.25) is 0 Å². The Morgan fingerprint density at radius 1 is 0.933 bits per heavy atom. The summed E-state index contributed by atoms with van der Waals surface area (Å²) in [6, 6.07) is 18.7. The minimum Gasteiger partial charge on any atom is -0.368 e. The molecule has 5 nitrogen and oxygen atoms in total. The van der Waals surface area contributed by atoms with E-state index in [0.717, 1.165) is 41.1 Å². The molecule has 2 aromatic carbocycles. The third kappa shape index (κ3) is 5.34. The van der Waals surface area contributed by atoms with Gasteiger partial charge in [-0.3, -0.25) is 4.79 Å². The van der Waals surface area contributed by atoms with Crippen molar-refractivity contribution in [2.24, 2.45) is 0 Å². The van der Waals surface area contributed by atoms with E-state index in [9.17, 15) is 4.79 Å². The number of rotatable bonds is 6. The number of piperazine rings is 1. The van der Waals surface area contributed by atoms with Gasteiger partial charge in [0.1, 0.15) is 10.1 Å². The van der Waals surface area contributed by atoms with Crippen LogP contribution >= 0.6 is 23.5 Å². The molecule has 3 aromatic rings. The monoisotopic (exact) mass is 436 g/mol. The van der Waals surface area contributed by atoms with Gasteiger partial charge in [0.25, 0.3) is 0 Å². The third-order valence-electron chi connectivity index (χ3n) is 4.92. The molecule has 1 aromatic heterocycles. The number of thioether (sulfide) groups is 1. The van der Waals surface area contributed by atoms with E-state index < -0.39 is 0 Å². The van der Waals surface area contributed by atoms with E-state index in [4.69, 9.17) is 0 Å². The molecule has 30 heavy (non-hydrogen) atoms. The molecule has 1 amide bonds. The summed E-state index contributed by atoms with van der Waals surface area (Å²) in [5.41, 5.74) is 2.43. The topological polar surface area (TPSA) is 49.3 Å². The lowest BCUT2D eigenvalue weighted by Gasteiger charge is -2.36. The zero-order chi connectivity index (χ0) is 20.8. The number of para-hydroxylation sites is 1. The summed E-state index contributed by atoms with van der Waals surface area (Å²) in [5, 5.41) is 1.65. The summed E-state index contributed by atoms with van der Waals surface area (Å²) >= 11 is 3.06. The molecule has 0 bridgehead atoms. The van der Waals surface area contributed by atoms with Crippen LogP contribution in [0.15, 0.2) is 81.9 Å². The highest BCUT2D eigenvalue weighted by Crippen LogP contribution is 2.33. The van der Waals surface area contributed by atoms with E-state index in [0.29, 0.717) is 5.75 Å². The highest BCUT2D eigenvalue weighted by molar-refractivity contribution is 8.02. The quantitative estimate of drug-likeness (QED) is 0.535. The van der Waals surface area contributed by atoms with Gasteiger partial charge in [-0.15, -0.1) is 0 Å². The number of anilines is 1. The molecule has 7 heteroatoms. The molecule has 0 atom stereocenters. The maximum Gasteiger partial charge on any atom is 0.233 e. The van der Waals surface area contributed by atoms with Crippen molar-refractivity contribution in [2.75, 3.05) is 36.8 Å². The summed E-state index contributed by atoms with van der Waals surface area (Å²) in [6.45, 7) is 5.30. The Balaban J connectivity index is 1.32. The van der Waals surface area contributed by atoms with Crippen LogP contribution in [0.5, 0.6) is 0 Å². The molecule has 1 saturated heterocycles. The van der Waals surface area contributed by atoms with Crippen LogP contribution in [0, 0.1) is 6.92 Å². The van der Waals surface area contributed by atoms with Crippen molar-refractivity contribution in [1.82, 2.24) is 14.9 Å². The molecular weight excluding hydrogens is 412 g/mol. The second-order valence-corrected chi connectivity index (χ2v) is 9.10. The molecule has 0 spiro atoms. The smallest absolute Gasteiger partial charge is 0.233 e. The Morgan fingerprint density at radius 3 is 2.40 bits per heavy atom. The fourth-order valence-corrected chi connectivity index (χ4v) is 5.27. The lowest BCUT2D eigenvalue weighted by atomic mass is 10.2. The molecule has 1 fully saturated rings. The number of hydrogen-bond donors (Lipinski definition) is 0. The van der Waals surface area contributed by atoms with Crippen molar-refractivity contribution < 1.29 is 4.79 Å². The Labute approximate surface area is 185 Å². The Hall–Kier alpha value is -2.51. The van der Waals surface area contributed by atoms with Gasteiger partial charge in [0.2, 0.25) is 5.91 Å². The van der Waals surface area contributed by atoms with Crippen molar-refractivity contribution in [3.05, 3.63) is 72.6 Å². The second-order valence-electron chi connectivity index (χ2n) is 7.08. The van der Waals surface area contributed by atoms with Crippen LogP contribution in [0.3, 0.4) is 0 Å². The fraction of sp³-hybridized carbons (Fsp3) is 0.261. The van der Waals surface area contributed by atoms with E-state index in [-0.39, 0.29) is 5.91 Å². The standard InChI is InChI=1S/C23H24N4OS2/c1-18-6-5-9-20(16-18)30-23-22(24-10-11-25-23)29-17-21(28)27-14-12-26(13-15-27)19-7-3-2-4-8-19/h2-11,16H,12-15,17H2,1H3. The Kier molecular flexibility index (Phi) is 6.92. The van der Waals surface area contributed by atoms with Crippen molar-refractivity contribution >= 4 is 35.1 Å². The molecule has 0 N–H and O–H groups in total. The molecular formula is C23H24N4OS2. The molecule has 154 valence electrons. The number of amides is 1. The predicted octanol–water partition coefficient (Wildman–Crippen LogP) is 4.38. The zero-order valence-electron chi connectivity index (χ0n) is 16.9. The van der Waals surface area contributed by atoms with Gasteiger partial charge in [0.05, 0.1) is 5.75 Å². The lowest BCUT2D eigenvalue weighted by molar-refractivity contribution is -0.128. The maximum atomic E-state index is 12.8. The SMILES string of the molecule is Cc1cccc(Sc2nccnc2SCC(=O)N2CCN(c3ccccc3)CC2)c1. The minimum absolute atomic E-state index is 0.157.